The highest BCUT2D eigenvalue weighted by atomic mass is 32.1. The molecule has 0 radical (unpaired) electrons. The largest absolute Gasteiger partial charge is 0.310 e. The van der Waals surface area contributed by atoms with Crippen LogP contribution in [0.15, 0.2) is 182 Å². The van der Waals surface area contributed by atoms with Crippen LogP contribution >= 0.6 is 11.3 Å². The van der Waals surface area contributed by atoms with Crippen LogP contribution in [0.1, 0.15) is 23.6 Å². The maximum atomic E-state index is 2.50. The SMILES string of the molecule is CC1(c2c(N(c3ccc(-c4ccccc4)cc3)c3ccc4ccccc4c3)ccc3c2sc2ccccc23)c2ccccc2-c2ccccc21. The Kier molecular flexibility index (Phi) is 6.55. The van der Waals surface area contributed by atoms with Crippen LogP contribution in [-0.2, 0) is 5.41 Å². The van der Waals surface area contributed by atoms with E-state index in [9.17, 15) is 0 Å². The van der Waals surface area contributed by atoms with Crippen LogP contribution < -0.4 is 4.90 Å². The van der Waals surface area contributed by atoms with Gasteiger partial charge in [-0.3, -0.25) is 0 Å². The normalized spacial score (nSPS) is 13.1. The Bertz CT molecular complexity index is 2670. The average molecular weight is 656 g/mol. The molecule has 0 bridgehead atoms. The van der Waals surface area contributed by atoms with Crippen LogP contribution in [0.25, 0.3) is 53.2 Å². The van der Waals surface area contributed by atoms with Crippen LogP contribution in [0, 0.1) is 0 Å². The van der Waals surface area contributed by atoms with E-state index in [-0.39, 0.29) is 0 Å². The molecule has 8 aromatic carbocycles. The molecule has 0 aliphatic heterocycles. The van der Waals surface area contributed by atoms with Crippen LogP contribution in [0.2, 0.25) is 0 Å². The van der Waals surface area contributed by atoms with Crippen molar-refractivity contribution in [2.75, 3.05) is 4.90 Å². The van der Waals surface area contributed by atoms with E-state index >= 15 is 0 Å². The minimum absolute atomic E-state index is 0.401. The summed E-state index contributed by atoms with van der Waals surface area (Å²) in [5, 5.41) is 5.09. The van der Waals surface area contributed by atoms with Gasteiger partial charge >= 0.3 is 0 Å². The molecule has 1 aliphatic rings. The van der Waals surface area contributed by atoms with E-state index in [1.54, 1.807) is 0 Å². The summed E-state index contributed by atoms with van der Waals surface area (Å²) < 4.78 is 2.65. The molecule has 2 heteroatoms. The van der Waals surface area contributed by atoms with Crippen molar-refractivity contribution >= 4 is 59.3 Å². The third kappa shape index (κ3) is 4.32. The summed E-state index contributed by atoms with van der Waals surface area (Å²) in [7, 11) is 0. The fourth-order valence-corrected chi connectivity index (χ4v) is 9.70. The number of anilines is 3. The summed E-state index contributed by atoms with van der Waals surface area (Å²) in [6.45, 7) is 2.46. The van der Waals surface area contributed by atoms with Gasteiger partial charge in [0.2, 0.25) is 0 Å². The molecular formula is C48H33NS. The van der Waals surface area contributed by atoms with Gasteiger partial charge in [-0.2, -0.15) is 0 Å². The number of benzene rings is 8. The van der Waals surface area contributed by atoms with Crippen molar-refractivity contribution in [3.63, 3.8) is 0 Å². The maximum Gasteiger partial charge on any atom is 0.0520 e. The Labute approximate surface area is 296 Å². The summed E-state index contributed by atoms with van der Waals surface area (Å²) in [5.74, 6) is 0. The average Bonchev–Trinajstić information content (AvgIpc) is 3.69. The van der Waals surface area contributed by atoms with Crippen molar-refractivity contribution in [3.8, 4) is 22.3 Å². The lowest BCUT2D eigenvalue weighted by Crippen LogP contribution is -2.26. The van der Waals surface area contributed by atoms with Crippen LogP contribution in [-0.4, -0.2) is 0 Å². The summed E-state index contributed by atoms with van der Waals surface area (Å²) >= 11 is 1.92. The van der Waals surface area contributed by atoms with Gasteiger partial charge in [-0.05, 0) is 87.5 Å². The highest BCUT2D eigenvalue weighted by molar-refractivity contribution is 7.26. The summed E-state index contributed by atoms with van der Waals surface area (Å²) in [6, 6.07) is 67.0. The second-order valence-electron chi connectivity index (χ2n) is 13.4. The van der Waals surface area contributed by atoms with Gasteiger partial charge in [0.25, 0.3) is 0 Å². The summed E-state index contributed by atoms with van der Waals surface area (Å²) in [6.07, 6.45) is 0. The molecule has 1 heterocycles. The first-order valence-corrected chi connectivity index (χ1v) is 18.1. The Hall–Kier alpha value is -5.96. The van der Waals surface area contributed by atoms with Crippen molar-refractivity contribution in [3.05, 3.63) is 199 Å². The topological polar surface area (TPSA) is 3.24 Å². The fraction of sp³-hybridized carbons (Fsp3) is 0.0417. The van der Waals surface area contributed by atoms with Crippen molar-refractivity contribution < 1.29 is 0 Å². The smallest absolute Gasteiger partial charge is 0.0520 e. The molecule has 0 atom stereocenters. The van der Waals surface area contributed by atoms with Gasteiger partial charge in [0.05, 0.1) is 5.69 Å². The molecule has 1 aromatic heterocycles. The molecule has 0 amide bonds. The molecule has 0 saturated heterocycles. The molecular weight excluding hydrogens is 623 g/mol. The second-order valence-corrected chi connectivity index (χ2v) is 14.5. The number of fused-ring (bicyclic) bond motifs is 7. The van der Waals surface area contributed by atoms with Crippen molar-refractivity contribution in [1.29, 1.82) is 0 Å². The molecule has 0 fully saturated rings. The van der Waals surface area contributed by atoms with Crippen molar-refractivity contribution in [2.24, 2.45) is 0 Å². The van der Waals surface area contributed by atoms with Crippen molar-refractivity contribution in [2.45, 2.75) is 12.3 Å². The number of thiophene rings is 1. The predicted octanol–water partition coefficient (Wildman–Crippen LogP) is 13.7. The van der Waals surface area contributed by atoms with E-state index in [1.165, 1.54) is 75.6 Å². The van der Waals surface area contributed by atoms with E-state index in [4.69, 9.17) is 0 Å². The first kappa shape index (κ1) is 29.0. The number of rotatable bonds is 5. The lowest BCUT2D eigenvalue weighted by atomic mass is 9.73. The van der Waals surface area contributed by atoms with Gasteiger partial charge in [-0.25, -0.2) is 0 Å². The number of hydrogen-bond donors (Lipinski definition) is 0. The minimum atomic E-state index is -0.401. The zero-order valence-corrected chi connectivity index (χ0v) is 28.5. The third-order valence-corrected chi connectivity index (χ3v) is 11.9. The van der Waals surface area contributed by atoms with E-state index in [0.29, 0.717) is 0 Å². The zero-order chi connectivity index (χ0) is 33.2. The molecule has 1 nitrogen and oxygen atoms in total. The quantitative estimate of drug-likeness (QED) is 0.178. The highest BCUT2D eigenvalue weighted by Gasteiger charge is 2.44. The van der Waals surface area contributed by atoms with Gasteiger partial charge in [0, 0.05) is 42.5 Å². The third-order valence-electron chi connectivity index (χ3n) is 10.7. The molecule has 0 unspecified atom stereocenters. The molecule has 1 aliphatic carbocycles. The molecule has 10 rings (SSSR count). The molecule has 0 spiro atoms. The zero-order valence-electron chi connectivity index (χ0n) is 27.7. The maximum absolute atomic E-state index is 2.50. The Morgan fingerprint density at radius 1 is 0.460 bits per heavy atom. The molecule has 236 valence electrons. The van der Waals surface area contributed by atoms with Gasteiger partial charge in [0.15, 0.2) is 0 Å². The van der Waals surface area contributed by atoms with Gasteiger partial charge in [-0.15, -0.1) is 11.3 Å². The number of nitrogens with zero attached hydrogens (tertiary/aromatic N) is 1. The fourth-order valence-electron chi connectivity index (χ4n) is 8.35. The predicted molar refractivity (Wildman–Crippen MR) is 214 cm³/mol. The second kappa shape index (κ2) is 11.3. The first-order chi connectivity index (χ1) is 24.7. The minimum Gasteiger partial charge on any atom is -0.310 e. The first-order valence-electron chi connectivity index (χ1n) is 17.3. The highest BCUT2D eigenvalue weighted by Crippen LogP contribution is 2.58. The monoisotopic (exact) mass is 655 g/mol. The Balaban J connectivity index is 1.31. The van der Waals surface area contributed by atoms with E-state index in [2.05, 4.69) is 194 Å². The number of hydrogen-bond acceptors (Lipinski definition) is 2. The van der Waals surface area contributed by atoms with Crippen LogP contribution in [0.3, 0.4) is 0 Å². The van der Waals surface area contributed by atoms with Gasteiger partial charge in [0.1, 0.15) is 0 Å². The molecule has 0 N–H and O–H groups in total. The van der Waals surface area contributed by atoms with Gasteiger partial charge < -0.3 is 4.90 Å². The van der Waals surface area contributed by atoms with E-state index in [0.717, 1.165) is 11.4 Å². The summed E-state index contributed by atoms with van der Waals surface area (Å²) in [5.41, 5.74) is 12.2. The van der Waals surface area contributed by atoms with E-state index < -0.39 is 5.41 Å². The lowest BCUT2D eigenvalue weighted by Gasteiger charge is -2.36. The van der Waals surface area contributed by atoms with Gasteiger partial charge in [-0.1, -0.05) is 146 Å². The Morgan fingerprint density at radius 2 is 1.06 bits per heavy atom. The van der Waals surface area contributed by atoms with Crippen LogP contribution in [0.5, 0.6) is 0 Å². The molecule has 9 aromatic rings. The Morgan fingerprint density at radius 3 is 1.82 bits per heavy atom. The standard InChI is InChI=1S/C48H33NS/c1-48(42-20-10-7-17-38(42)39-18-8-11-21-43(39)48)46-44(30-29-41-40-19-9-12-22-45(40)50-47(41)46)49(37-28-25-33-15-5-6-16-35(33)31-37)36-26-23-34(24-27-36)32-13-3-2-4-14-32/h2-31H,1H3. The molecule has 50 heavy (non-hydrogen) atoms. The van der Waals surface area contributed by atoms with Crippen LogP contribution in [0.4, 0.5) is 17.1 Å². The lowest BCUT2D eigenvalue weighted by molar-refractivity contribution is 0.722. The molecule has 0 saturated carbocycles. The summed E-state index contributed by atoms with van der Waals surface area (Å²) in [4.78, 5) is 2.50. The van der Waals surface area contributed by atoms with E-state index in [1.807, 2.05) is 11.3 Å². The van der Waals surface area contributed by atoms with Crippen molar-refractivity contribution in [1.82, 2.24) is 0 Å².